The molecule has 82 valence electrons. The zero-order chi connectivity index (χ0) is 10.7. The molecule has 1 saturated carbocycles. The van der Waals surface area contributed by atoms with E-state index in [2.05, 4.69) is 5.32 Å². The van der Waals surface area contributed by atoms with E-state index in [4.69, 9.17) is 17.3 Å². The fraction of sp³-hybridized carbons (Fsp3) is 0.500. The maximum Gasteiger partial charge on any atom is 0.0765 e. The lowest BCUT2D eigenvalue weighted by Crippen LogP contribution is -2.22. The Morgan fingerprint density at radius 2 is 1.93 bits per heavy atom. The zero-order valence-electron chi connectivity index (χ0n) is 8.80. The molecule has 1 aliphatic carbocycles. The molecule has 15 heavy (non-hydrogen) atoms. The minimum absolute atomic E-state index is 0.543. The van der Waals surface area contributed by atoms with Gasteiger partial charge in [0.2, 0.25) is 0 Å². The van der Waals surface area contributed by atoms with Crippen molar-refractivity contribution >= 4 is 23.0 Å². The number of nitrogens with two attached hydrogens (primary N) is 1. The van der Waals surface area contributed by atoms with E-state index >= 15 is 0 Å². The molecule has 1 aromatic carbocycles. The zero-order valence-corrected chi connectivity index (χ0v) is 9.56. The van der Waals surface area contributed by atoms with Crippen LogP contribution in [0.4, 0.5) is 11.4 Å². The van der Waals surface area contributed by atoms with Crippen molar-refractivity contribution in [2.24, 2.45) is 0 Å². The molecule has 0 unspecified atom stereocenters. The number of halogens is 1. The van der Waals surface area contributed by atoms with Crippen LogP contribution < -0.4 is 11.1 Å². The Labute approximate surface area is 95.8 Å². The van der Waals surface area contributed by atoms with Crippen molar-refractivity contribution in [1.29, 1.82) is 0 Å². The smallest absolute Gasteiger partial charge is 0.0765 e. The minimum Gasteiger partial charge on any atom is -0.397 e. The first-order valence-electron chi connectivity index (χ1n) is 5.58. The van der Waals surface area contributed by atoms with Gasteiger partial charge in [-0.2, -0.15) is 0 Å². The second kappa shape index (κ2) is 4.75. The van der Waals surface area contributed by atoms with Crippen molar-refractivity contribution in [3.8, 4) is 0 Å². The van der Waals surface area contributed by atoms with Crippen LogP contribution in [-0.2, 0) is 0 Å². The third-order valence-corrected chi connectivity index (χ3v) is 3.31. The molecule has 1 fully saturated rings. The Morgan fingerprint density at radius 1 is 1.20 bits per heavy atom. The second-order valence-corrected chi connectivity index (χ2v) is 4.59. The van der Waals surface area contributed by atoms with Crippen molar-refractivity contribution in [3.63, 3.8) is 0 Å². The van der Waals surface area contributed by atoms with E-state index in [1.807, 2.05) is 18.2 Å². The van der Waals surface area contributed by atoms with Gasteiger partial charge in [-0.1, -0.05) is 36.9 Å². The molecule has 1 aliphatic rings. The molecule has 0 bridgehead atoms. The number of rotatable bonds is 2. The number of para-hydroxylation sites is 1. The topological polar surface area (TPSA) is 38.0 Å². The molecule has 0 spiro atoms. The summed E-state index contributed by atoms with van der Waals surface area (Å²) in [5.41, 5.74) is 7.54. The lowest BCUT2D eigenvalue weighted by Gasteiger charge is -2.25. The number of anilines is 2. The largest absolute Gasteiger partial charge is 0.397 e. The van der Waals surface area contributed by atoms with Crippen molar-refractivity contribution in [2.45, 2.75) is 38.1 Å². The van der Waals surface area contributed by atoms with E-state index in [0.29, 0.717) is 6.04 Å². The summed E-state index contributed by atoms with van der Waals surface area (Å²) in [5.74, 6) is 0. The molecule has 3 N–H and O–H groups in total. The van der Waals surface area contributed by atoms with E-state index in [9.17, 15) is 0 Å². The summed E-state index contributed by atoms with van der Waals surface area (Å²) >= 11 is 6.11. The minimum atomic E-state index is 0.543. The maximum absolute atomic E-state index is 6.11. The number of benzene rings is 1. The number of hydrogen-bond acceptors (Lipinski definition) is 2. The van der Waals surface area contributed by atoms with Gasteiger partial charge in [-0.25, -0.2) is 0 Å². The van der Waals surface area contributed by atoms with Crippen molar-refractivity contribution in [1.82, 2.24) is 0 Å². The van der Waals surface area contributed by atoms with Gasteiger partial charge in [0.1, 0.15) is 0 Å². The third kappa shape index (κ3) is 2.57. The van der Waals surface area contributed by atoms with Crippen LogP contribution in [0.2, 0.25) is 5.02 Å². The van der Waals surface area contributed by atoms with E-state index in [-0.39, 0.29) is 0 Å². The van der Waals surface area contributed by atoms with E-state index in [1.54, 1.807) is 0 Å². The van der Waals surface area contributed by atoms with E-state index in [0.717, 1.165) is 16.4 Å². The summed E-state index contributed by atoms with van der Waals surface area (Å²) in [7, 11) is 0. The highest BCUT2D eigenvalue weighted by Gasteiger charge is 2.15. The average Bonchev–Trinajstić information content (AvgIpc) is 2.25. The van der Waals surface area contributed by atoms with Crippen LogP contribution in [0.3, 0.4) is 0 Å². The maximum atomic E-state index is 6.11. The Balaban J connectivity index is 2.09. The van der Waals surface area contributed by atoms with Crippen molar-refractivity contribution < 1.29 is 0 Å². The van der Waals surface area contributed by atoms with E-state index < -0.39 is 0 Å². The highest BCUT2D eigenvalue weighted by atomic mass is 35.5. The molecule has 0 atom stereocenters. The quantitative estimate of drug-likeness (QED) is 0.753. The molecule has 0 aromatic heterocycles. The van der Waals surface area contributed by atoms with Gasteiger partial charge in [0.05, 0.1) is 16.4 Å². The van der Waals surface area contributed by atoms with Gasteiger partial charge in [-0.15, -0.1) is 0 Å². The lowest BCUT2D eigenvalue weighted by molar-refractivity contribution is 0.463. The monoisotopic (exact) mass is 224 g/mol. The number of nitrogen functional groups attached to an aromatic ring is 1. The molecule has 1 aromatic rings. The normalized spacial score (nSPS) is 17.7. The first kappa shape index (κ1) is 10.6. The molecule has 0 aliphatic heterocycles. The molecular formula is C12H17ClN2. The molecule has 0 heterocycles. The Morgan fingerprint density at radius 3 is 2.60 bits per heavy atom. The SMILES string of the molecule is Nc1cccc(Cl)c1NC1CCCCC1. The summed E-state index contributed by atoms with van der Waals surface area (Å²) in [6, 6.07) is 6.19. The second-order valence-electron chi connectivity index (χ2n) is 4.18. The molecule has 0 saturated heterocycles. The first-order valence-corrected chi connectivity index (χ1v) is 5.95. The standard InChI is InChI=1S/C12H17ClN2/c13-10-7-4-8-11(14)12(10)15-9-5-2-1-3-6-9/h4,7-9,15H,1-3,5-6,14H2. The fourth-order valence-electron chi connectivity index (χ4n) is 2.14. The van der Waals surface area contributed by atoms with Crippen LogP contribution in [0.1, 0.15) is 32.1 Å². The van der Waals surface area contributed by atoms with Gasteiger partial charge in [-0.3, -0.25) is 0 Å². The molecular weight excluding hydrogens is 208 g/mol. The Bertz CT molecular complexity index is 312. The van der Waals surface area contributed by atoms with Crippen LogP contribution in [0.25, 0.3) is 0 Å². The average molecular weight is 225 g/mol. The molecule has 2 nitrogen and oxygen atoms in total. The summed E-state index contributed by atoms with van der Waals surface area (Å²) in [4.78, 5) is 0. The molecule has 3 heteroatoms. The van der Waals surface area contributed by atoms with Gasteiger partial charge in [-0.05, 0) is 25.0 Å². The molecule has 2 rings (SSSR count). The van der Waals surface area contributed by atoms with Gasteiger partial charge in [0.25, 0.3) is 0 Å². The van der Waals surface area contributed by atoms with Crippen LogP contribution in [0.5, 0.6) is 0 Å². The van der Waals surface area contributed by atoms with Gasteiger partial charge >= 0.3 is 0 Å². The molecule has 0 amide bonds. The number of hydrogen-bond donors (Lipinski definition) is 2. The Kier molecular flexibility index (Phi) is 3.37. The predicted molar refractivity (Wildman–Crippen MR) is 66.4 cm³/mol. The predicted octanol–water partition coefficient (Wildman–Crippen LogP) is 3.67. The van der Waals surface area contributed by atoms with Crippen molar-refractivity contribution in [3.05, 3.63) is 23.2 Å². The first-order chi connectivity index (χ1) is 7.27. The van der Waals surface area contributed by atoms with Crippen LogP contribution in [0.15, 0.2) is 18.2 Å². The van der Waals surface area contributed by atoms with Crippen LogP contribution >= 0.6 is 11.6 Å². The summed E-state index contributed by atoms with van der Waals surface area (Å²) in [6.07, 6.45) is 6.43. The summed E-state index contributed by atoms with van der Waals surface area (Å²) in [6.45, 7) is 0. The Hall–Kier alpha value is -0.890. The lowest BCUT2D eigenvalue weighted by atomic mass is 9.95. The van der Waals surface area contributed by atoms with Gasteiger partial charge in [0.15, 0.2) is 0 Å². The fourth-order valence-corrected chi connectivity index (χ4v) is 2.38. The van der Waals surface area contributed by atoms with Crippen molar-refractivity contribution in [2.75, 3.05) is 11.1 Å². The summed E-state index contributed by atoms with van der Waals surface area (Å²) in [5, 5.41) is 4.18. The molecule has 0 radical (unpaired) electrons. The highest BCUT2D eigenvalue weighted by molar-refractivity contribution is 6.33. The van der Waals surface area contributed by atoms with Gasteiger partial charge in [0, 0.05) is 6.04 Å². The summed E-state index contributed by atoms with van der Waals surface area (Å²) < 4.78 is 0. The third-order valence-electron chi connectivity index (χ3n) is 3.00. The van der Waals surface area contributed by atoms with Crippen LogP contribution in [0, 0.1) is 0 Å². The van der Waals surface area contributed by atoms with Gasteiger partial charge < -0.3 is 11.1 Å². The highest BCUT2D eigenvalue weighted by Crippen LogP contribution is 2.31. The van der Waals surface area contributed by atoms with E-state index in [1.165, 1.54) is 32.1 Å². The number of nitrogens with one attached hydrogen (secondary N) is 1. The van der Waals surface area contributed by atoms with Crippen LogP contribution in [-0.4, -0.2) is 6.04 Å².